The van der Waals surface area contributed by atoms with Gasteiger partial charge in [0.25, 0.3) is 0 Å². The van der Waals surface area contributed by atoms with Crippen LogP contribution in [0.5, 0.6) is 0 Å². The molecule has 0 aliphatic carbocycles. The second-order valence-corrected chi connectivity index (χ2v) is 6.81. The molecular formula is C18H23FN6. The first kappa shape index (κ1) is 16.2. The number of nitrogens with zero attached hydrogens (tertiary/aromatic N) is 5. The maximum atomic E-state index is 12.6. The van der Waals surface area contributed by atoms with Gasteiger partial charge in [0.1, 0.15) is 24.7 Å². The Morgan fingerprint density at radius 2 is 2.28 bits per heavy atom. The number of H-pyrrole nitrogens is 1. The van der Waals surface area contributed by atoms with Crippen molar-refractivity contribution < 1.29 is 4.39 Å². The molecule has 1 aliphatic heterocycles. The highest BCUT2D eigenvalue weighted by Gasteiger charge is 2.25. The number of hydrogen-bond donors (Lipinski definition) is 1. The summed E-state index contributed by atoms with van der Waals surface area (Å²) < 4.78 is 14.3. The molecule has 0 bridgehead atoms. The van der Waals surface area contributed by atoms with Crippen molar-refractivity contribution in [2.45, 2.75) is 38.8 Å². The first-order chi connectivity index (χ1) is 12.2. The van der Waals surface area contributed by atoms with E-state index in [9.17, 15) is 4.39 Å². The lowest BCUT2D eigenvalue weighted by molar-refractivity contribution is 0.189. The first-order valence-electron chi connectivity index (χ1n) is 8.84. The average molecular weight is 342 g/mol. The zero-order valence-electron chi connectivity index (χ0n) is 14.5. The number of nitrogens with one attached hydrogen (secondary N) is 1. The fraction of sp³-hybridized carbons (Fsp3) is 0.500. The van der Waals surface area contributed by atoms with Crippen LogP contribution in [0.1, 0.15) is 36.0 Å². The molecule has 2 aromatic heterocycles. The summed E-state index contributed by atoms with van der Waals surface area (Å²) in [5.41, 5.74) is 3.37. The molecule has 3 heterocycles. The zero-order valence-corrected chi connectivity index (χ0v) is 14.5. The monoisotopic (exact) mass is 342 g/mol. The van der Waals surface area contributed by atoms with Gasteiger partial charge in [-0.15, -0.1) is 0 Å². The number of alkyl halides is 1. The van der Waals surface area contributed by atoms with Crippen molar-refractivity contribution in [2.75, 3.05) is 19.8 Å². The van der Waals surface area contributed by atoms with E-state index in [1.165, 1.54) is 11.9 Å². The molecule has 0 spiro atoms. The molecule has 1 aromatic carbocycles. The minimum atomic E-state index is -0.419. The molecule has 25 heavy (non-hydrogen) atoms. The Morgan fingerprint density at radius 1 is 1.36 bits per heavy atom. The standard InChI is InChI=1S/C18H23FN6/c1-13-4-5-15-16(9-13)23-18(22-15)14-3-2-7-24(10-14)11-17-20-12-21-25(17)8-6-19/h4-5,9,12,14H,2-3,6-8,10-11H2,1H3,(H,22,23). The third-order valence-corrected chi connectivity index (χ3v) is 4.90. The molecule has 1 fully saturated rings. The van der Waals surface area contributed by atoms with Crippen molar-refractivity contribution in [3.05, 3.63) is 41.7 Å². The van der Waals surface area contributed by atoms with E-state index < -0.39 is 6.67 Å². The van der Waals surface area contributed by atoms with E-state index in [1.54, 1.807) is 4.68 Å². The van der Waals surface area contributed by atoms with Crippen molar-refractivity contribution in [1.82, 2.24) is 29.6 Å². The molecule has 1 atom stereocenters. The summed E-state index contributed by atoms with van der Waals surface area (Å²) in [6.45, 7) is 4.61. The predicted molar refractivity (Wildman–Crippen MR) is 94.1 cm³/mol. The van der Waals surface area contributed by atoms with Crippen LogP contribution in [-0.4, -0.2) is 49.4 Å². The summed E-state index contributed by atoms with van der Waals surface area (Å²) in [7, 11) is 0. The van der Waals surface area contributed by atoms with Crippen LogP contribution in [-0.2, 0) is 13.1 Å². The van der Waals surface area contributed by atoms with Crippen LogP contribution < -0.4 is 0 Å². The van der Waals surface area contributed by atoms with Crippen molar-refractivity contribution >= 4 is 11.0 Å². The lowest BCUT2D eigenvalue weighted by atomic mass is 9.97. The fourth-order valence-corrected chi connectivity index (χ4v) is 3.64. The number of fused-ring (bicyclic) bond motifs is 1. The van der Waals surface area contributed by atoms with Gasteiger partial charge in [-0.25, -0.2) is 19.0 Å². The van der Waals surface area contributed by atoms with Gasteiger partial charge in [0, 0.05) is 12.5 Å². The van der Waals surface area contributed by atoms with Crippen LogP contribution >= 0.6 is 0 Å². The number of benzene rings is 1. The summed E-state index contributed by atoms with van der Waals surface area (Å²) >= 11 is 0. The third kappa shape index (κ3) is 3.42. The highest BCUT2D eigenvalue weighted by molar-refractivity contribution is 5.75. The van der Waals surface area contributed by atoms with E-state index in [4.69, 9.17) is 4.98 Å². The third-order valence-electron chi connectivity index (χ3n) is 4.90. The van der Waals surface area contributed by atoms with Crippen molar-refractivity contribution in [3.8, 4) is 0 Å². The van der Waals surface area contributed by atoms with E-state index in [2.05, 4.69) is 45.1 Å². The minimum absolute atomic E-state index is 0.273. The van der Waals surface area contributed by atoms with Gasteiger partial charge in [0.2, 0.25) is 0 Å². The summed E-state index contributed by atoms with van der Waals surface area (Å²) in [6, 6.07) is 6.31. The molecule has 132 valence electrons. The molecule has 1 N–H and O–H groups in total. The number of aromatic amines is 1. The Hall–Kier alpha value is -2.28. The van der Waals surface area contributed by atoms with Gasteiger partial charge in [-0.1, -0.05) is 6.07 Å². The average Bonchev–Trinajstić information content (AvgIpc) is 3.22. The van der Waals surface area contributed by atoms with Gasteiger partial charge in [-0.2, -0.15) is 5.10 Å². The Balaban J connectivity index is 1.49. The van der Waals surface area contributed by atoms with Gasteiger partial charge in [0.05, 0.1) is 24.1 Å². The summed E-state index contributed by atoms with van der Waals surface area (Å²) in [5.74, 6) is 2.29. The topological polar surface area (TPSA) is 62.6 Å². The zero-order chi connectivity index (χ0) is 17.2. The van der Waals surface area contributed by atoms with Crippen LogP contribution in [0.3, 0.4) is 0 Å². The smallest absolute Gasteiger partial charge is 0.141 e. The van der Waals surface area contributed by atoms with E-state index >= 15 is 0 Å². The second kappa shape index (κ2) is 6.92. The number of rotatable bonds is 5. The predicted octanol–water partition coefficient (Wildman–Crippen LogP) is 2.81. The van der Waals surface area contributed by atoms with E-state index in [0.717, 1.165) is 48.6 Å². The van der Waals surface area contributed by atoms with Crippen LogP contribution in [0.4, 0.5) is 4.39 Å². The number of imidazole rings is 1. The Bertz CT molecular complexity index is 854. The van der Waals surface area contributed by atoms with Crippen LogP contribution in [0.2, 0.25) is 0 Å². The molecule has 0 saturated carbocycles. The highest BCUT2D eigenvalue weighted by atomic mass is 19.1. The molecular weight excluding hydrogens is 319 g/mol. The Morgan fingerprint density at radius 3 is 3.16 bits per heavy atom. The molecule has 1 saturated heterocycles. The SMILES string of the molecule is Cc1ccc2nc(C3CCCN(Cc4ncnn4CCF)C3)[nH]c2c1. The Labute approximate surface area is 146 Å². The summed E-state index contributed by atoms with van der Waals surface area (Å²) in [4.78, 5) is 14.9. The van der Waals surface area contributed by atoms with Gasteiger partial charge in [-0.05, 0) is 44.0 Å². The maximum Gasteiger partial charge on any atom is 0.141 e. The van der Waals surface area contributed by atoms with Crippen LogP contribution in [0.25, 0.3) is 11.0 Å². The molecule has 7 heteroatoms. The van der Waals surface area contributed by atoms with E-state index in [0.29, 0.717) is 12.5 Å². The summed E-state index contributed by atoms with van der Waals surface area (Å²) in [6.07, 6.45) is 3.76. The molecule has 4 rings (SSSR count). The Kier molecular flexibility index (Phi) is 4.48. The van der Waals surface area contributed by atoms with Crippen LogP contribution in [0.15, 0.2) is 24.5 Å². The number of halogens is 1. The molecule has 0 radical (unpaired) electrons. The van der Waals surface area contributed by atoms with E-state index in [-0.39, 0.29) is 6.54 Å². The normalized spacial score (nSPS) is 18.9. The quantitative estimate of drug-likeness (QED) is 0.774. The fourth-order valence-electron chi connectivity index (χ4n) is 3.64. The molecule has 3 aromatic rings. The number of piperidine rings is 1. The van der Waals surface area contributed by atoms with Gasteiger partial charge < -0.3 is 4.98 Å². The van der Waals surface area contributed by atoms with E-state index in [1.807, 2.05) is 0 Å². The number of likely N-dealkylation sites (tertiary alicyclic amines) is 1. The highest BCUT2D eigenvalue weighted by Crippen LogP contribution is 2.27. The lowest BCUT2D eigenvalue weighted by Crippen LogP contribution is -2.35. The first-order valence-corrected chi connectivity index (χ1v) is 8.84. The summed E-state index contributed by atoms with van der Waals surface area (Å²) in [5, 5.41) is 4.11. The van der Waals surface area contributed by atoms with Crippen molar-refractivity contribution in [1.29, 1.82) is 0 Å². The van der Waals surface area contributed by atoms with Crippen molar-refractivity contribution in [2.24, 2.45) is 0 Å². The minimum Gasteiger partial charge on any atom is -0.342 e. The number of aromatic nitrogens is 5. The maximum absolute atomic E-state index is 12.6. The van der Waals surface area contributed by atoms with Gasteiger partial charge in [-0.3, -0.25) is 4.90 Å². The lowest BCUT2D eigenvalue weighted by Gasteiger charge is -2.31. The molecule has 0 amide bonds. The van der Waals surface area contributed by atoms with Crippen LogP contribution in [0, 0.1) is 6.92 Å². The van der Waals surface area contributed by atoms with Crippen molar-refractivity contribution in [3.63, 3.8) is 0 Å². The van der Waals surface area contributed by atoms with Gasteiger partial charge >= 0.3 is 0 Å². The largest absolute Gasteiger partial charge is 0.342 e. The molecule has 6 nitrogen and oxygen atoms in total. The van der Waals surface area contributed by atoms with Gasteiger partial charge in [0.15, 0.2) is 0 Å². The molecule has 1 unspecified atom stereocenters. The molecule has 1 aliphatic rings. The second-order valence-electron chi connectivity index (χ2n) is 6.81. The number of aryl methyl sites for hydroxylation is 2. The number of hydrogen-bond acceptors (Lipinski definition) is 4.